The fourth-order valence-corrected chi connectivity index (χ4v) is 2.46. The Hall–Kier alpha value is -1.00. The number of hydrogen-bond acceptors (Lipinski definition) is 4. The van der Waals surface area contributed by atoms with Crippen LogP contribution in [0.1, 0.15) is 25.8 Å². The zero-order chi connectivity index (χ0) is 13.6. The zero-order valence-electron chi connectivity index (χ0n) is 11.1. The number of hydrogen-bond donors (Lipinski definition) is 1. The smallest absolute Gasteiger partial charge is 0.338 e. The number of aliphatic hydroxyl groups is 1. The summed E-state index contributed by atoms with van der Waals surface area (Å²) in [5.41, 5.74) is -0.207. The normalized spacial score (nSPS) is 14.0. The summed E-state index contributed by atoms with van der Waals surface area (Å²) in [7, 11) is 0. The molecule has 18 heavy (non-hydrogen) atoms. The minimum absolute atomic E-state index is 0.288. The molecule has 4 heteroatoms. The van der Waals surface area contributed by atoms with E-state index in [2.05, 4.69) is 0 Å². The third kappa shape index (κ3) is 4.03. The highest BCUT2D eigenvalue weighted by Crippen LogP contribution is 2.25. The van der Waals surface area contributed by atoms with Gasteiger partial charge in [0, 0.05) is 10.6 Å². The molecule has 0 aromatic heterocycles. The Morgan fingerprint density at radius 1 is 1.33 bits per heavy atom. The van der Waals surface area contributed by atoms with Gasteiger partial charge >= 0.3 is 5.97 Å². The van der Waals surface area contributed by atoms with E-state index >= 15 is 0 Å². The van der Waals surface area contributed by atoms with Gasteiger partial charge in [-0.05, 0) is 32.4 Å². The van der Waals surface area contributed by atoms with Crippen LogP contribution in [0.2, 0.25) is 0 Å². The Morgan fingerprint density at radius 2 is 1.94 bits per heavy atom. The molecule has 0 aliphatic rings. The summed E-state index contributed by atoms with van der Waals surface area (Å²) >= 11 is 1.46. The van der Waals surface area contributed by atoms with Gasteiger partial charge in [-0.3, -0.25) is 0 Å². The van der Waals surface area contributed by atoms with Crippen molar-refractivity contribution in [1.29, 1.82) is 0 Å². The summed E-state index contributed by atoms with van der Waals surface area (Å²) in [6.07, 6.45) is 0.352. The van der Waals surface area contributed by atoms with E-state index in [0.717, 1.165) is 4.90 Å². The predicted molar refractivity (Wildman–Crippen MR) is 73.8 cm³/mol. The molecular formula is C14H20O3S. The maximum Gasteiger partial charge on any atom is 0.338 e. The van der Waals surface area contributed by atoms with Gasteiger partial charge in [0.05, 0.1) is 6.61 Å². The second kappa shape index (κ2) is 6.81. The molecule has 0 saturated heterocycles. The lowest BCUT2D eigenvalue weighted by molar-refractivity contribution is -0.162. The molecule has 1 aromatic rings. The minimum Gasteiger partial charge on any atom is -0.464 e. The highest BCUT2D eigenvalue weighted by molar-refractivity contribution is 7.99. The quantitative estimate of drug-likeness (QED) is 0.636. The van der Waals surface area contributed by atoms with Crippen LogP contribution in [0.3, 0.4) is 0 Å². The second-order valence-electron chi connectivity index (χ2n) is 4.21. The average molecular weight is 268 g/mol. The molecule has 0 aliphatic carbocycles. The molecule has 100 valence electrons. The number of aryl methyl sites for hydroxylation is 1. The van der Waals surface area contributed by atoms with Crippen molar-refractivity contribution in [1.82, 2.24) is 0 Å². The molecule has 3 nitrogen and oxygen atoms in total. The molecule has 1 N–H and O–H groups in total. The second-order valence-corrected chi connectivity index (χ2v) is 5.26. The van der Waals surface area contributed by atoms with Crippen LogP contribution in [0.5, 0.6) is 0 Å². The van der Waals surface area contributed by atoms with Crippen molar-refractivity contribution >= 4 is 17.7 Å². The molecular weight excluding hydrogens is 248 g/mol. The molecule has 0 aliphatic heterocycles. The van der Waals surface area contributed by atoms with Crippen molar-refractivity contribution < 1.29 is 14.6 Å². The van der Waals surface area contributed by atoms with Crippen LogP contribution in [0.25, 0.3) is 0 Å². The van der Waals surface area contributed by atoms with E-state index in [4.69, 9.17) is 4.74 Å². The van der Waals surface area contributed by atoms with Gasteiger partial charge in [-0.25, -0.2) is 4.79 Å². The largest absolute Gasteiger partial charge is 0.464 e. The number of benzene rings is 1. The van der Waals surface area contributed by atoms with Gasteiger partial charge in [0.1, 0.15) is 0 Å². The summed E-state index contributed by atoms with van der Waals surface area (Å²) in [5, 5.41) is 10.2. The van der Waals surface area contributed by atoms with Crippen LogP contribution in [0.15, 0.2) is 29.2 Å². The Bertz CT molecular complexity index is 389. The van der Waals surface area contributed by atoms with Crippen molar-refractivity contribution in [3.63, 3.8) is 0 Å². The van der Waals surface area contributed by atoms with E-state index in [1.54, 1.807) is 13.8 Å². The van der Waals surface area contributed by atoms with Gasteiger partial charge in [0.2, 0.25) is 0 Å². The molecule has 0 radical (unpaired) electrons. The Morgan fingerprint density at radius 3 is 2.44 bits per heavy atom. The lowest BCUT2D eigenvalue weighted by Crippen LogP contribution is -2.42. The first-order valence-electron chi connectivity index (χ1n) is 6.11. The number of ether oxygens (including phenoxy) is 1. The van der Waals surface area contributed by atoms with E-state index in [9.17, 15) is 9.90 Å². The van der Waals surface area contributed by atoms with Crippen LogP contribution in [0, 0.1) is 6.92 Å². The van der Waals surface area contributed by atoms with Crippen molar-refractivity contribution in [2.45, 2.75) is 37.7 Å². The molecule has 1 rings (SSSR count). The van der Waals surface area contributed by atoms with E-state index < -0.39 is 11.6 Å². The first-order valence-corrected chi connectivity index (χ1v) is 7.09. The molecule has 0 heterocycles. The lowest BCUT2D eigenvalue weighted by Gasteiger charge is -2.23. The Kier molecular flexibility index (Phi) is 5.69. The molecule has 0 amide bonds. The van der Waals surface area contributed by atoms with E-state index in [0.29, 0.717) is 12.2 Å². The lowest BCUT2D eigenvalue weighted by atomic mass is 10.0. The van der Waals surface area contributed by atoms with Gasteiger partial charge < -0.3 is 9.84 Å². The van der Waals surface area contributed by atoms with Crippen LogP contribution in [-0.4, -0.2) is 29.0 Å². The summed E-state index contributed by atoms with van der Waals surface area (Å²) in [5.74, 6) is -0.224. The van der Waals surface area contributed by atoms with Gasteiger partial charge in [-0.15, -0.1) is 11.8 Å². The van der Waals surface area contributed by atoms with Gasteiger partial charge in [-0.1, -0.05) is 24.6 Å². The monoisotopic (exact) mass is 268 g/mol. The predicted octanol–water partition coefficient (Wildman–Crippen LogP) is 2.79. The first kappa shape index (κ1) is 15.1. The number of thioether (sulfide) groups is 1. The van der Waals surface area contributed by atoms with Gasteiger partial charge in [-0.2, -0.15) is 0 Å². The van der Waals surface area contributed by atoms with Crippen molar-refractivity contribution in [2.75, 3.05) is 12.4 Å². The Balaban J connectivity index is 2.63. The van der Waals surface area contributed by atoms with Crippen LogP contribution < -0.4 is 0 Å². The molecule has 1 atom stereocenters. The number of esters is 1. The van der Waals surface area contributed by atoms with Gasteiger partial charge in [0.25, 0.3) is 0 Å². The van der Waals surface area contributed by atoms with Crippen LogP contribution in [-0.2, 0) is 9.53 Å². The van der Waals surface area contributed by atoms with Gasteiger partial charge in [0.15, 0.2) is 5.60 Å². The van der Waals surface area contributed by atoms with E-state index in [-0.39, 0.29) is 6.61 Å². The standard InChI is InChI=1S/C14H20O3S/c1-4-14(16,13(15)17-5-2)10-18-12-8-6-11(3)7-9-12/h6-9,16H,4-5,10H2,1-3H3/t14-/m1/s1. The van der Waals surface area contributed by atoms with Crippen LogP contribution >= 0.6 is 11.8 Å². The summed E-state index contributed by atoms with van der Waals surface area (Å²) in [6.45, 7) is 5.83. The molecule has 0 unspecified atom stereocenters. The third-order valence-electron chi connectivity index (χ3n) is 2.74. The molecule has 0 fully saturated rings. The summed E-state index contributed by atoms with van der Waals surface area (Å²) in [4.78, 5) is 12.7. The van der Waals surface area contributed by atoms with E-state index in [1.807, 2.05) is 31.2 Å². The fourth-order valence-electron chi connectivity index (χ4n) is 1.41. The highest BCUT2D eigenvalue weighted by atomic mass is 32.2. The number of carbonyl (C=O) groups excluding carboxylic acids is 1. The Labute approximate surface area is 113 Å². The summed E-state index contributed by atoms with van der Waals surface area (Å²) in [6, 6.07) is 8.00. The fraction of sp³-hybridized carbons (Fsp3) is 0.500. The average Bonchev–Trinajstić information content (AvgIpc) is 2.38. The third-order valence-corrected chi connectivity index (χ3v) is 3.97. The van der Waals surface area contributed by atoms with Crippen molar-refractivity contribution in [3.8, 4) is 0 Å². The molecule has 1 aromatic carbocycles. The molecule has 0 bridgehead atoms. The number of carbonyl (C=O) groups is 1. The maximum absolute atomic E-state index is 11.7. The van der Waals surface area contributed by atoms with Crippen LogP contribution in [0.4, 0.5) is 0 Å². The number of rotatable bonds is 6. The topological polar surface area (TPSA) is 46.5 Å². The van der Waals surface area contributed by atoms with E-state index in [1.165, 1.54) is 17.3 Å². The zero-order valence-corrected chi connectivity index (χ0v) is 11.9. The molecule has 0 saturated carbocycles. The van der Waals surface area contributed by atoms with Crippen molar-refractivity contribution in [2.24, 2.45) is 0 Å². The SMILES string of the molecule is CCOC(=O)[C@@](O)(CC)CSc1ccc(C)cc1. The first-order chi connectivity index (χ1) is 8.51. The minimum atomic E-state index is -1.40. The highest BCUT2D eigenvalue weighted by Gasteiger charge is 2.35. The summed E-state index contributed by atoms with van der Waals surface area (Å²) < 4.78 is 4.90. The maximum atomic E-state index is 11.7. The molecule has 0 spiro atoms. The van der Waals surface area contributed by atoms with Crippen molar-refractivity contribution in [3.05, 3.63) is 29.8 Å².